The molecule has 2 heterocycles. The summed E-state index contributed by atoms with van der Waals surface area (Å²) < 4.78 is 7.83. The van der Waals surface area contributed by atoms with Crippen LogP contribution in [0.15, 0.2) is 30.5 Å². The maximum Gasteiger partial charge on any atom is 0.122 e. The molecule has 0 spiro atoms. The van der Waals surface area contributed by atoms with Crippen LogP contribution < -0.4 is 10.1 Å². The summed E-state index contributed by atoms with van der Waals surface area (Å²) in [5.74, 6) is 1.44. The van der Waals surface area contributed by atoms with Crippen LogP contribution in [0.3, 0.4) is 0 Å². The van der Waals surface area contributed by atoms with Crippen LogP contribution in [0.2, 0.25) is 0 Å². The highest BCUT2D eigenvalue weighted by Crippen LogP contribution is 2.34. The lowest BCUT2D eigenvalue weighted by Crippen LogP contribution is -2.15. The molecule has 1 aromatic heterocycles. The Bertz CT molecular complexity index is 645. The first kappa shape index (κ1) is 12.9. The number of nitrogens with one attached hydrogen (secondary N) is 1. The molecule has 2 aromatic rings. The molecule has 4 rings (SSSR count). The van der Waals surface area contributed by atoms with Crippen LogP contribution in [0.25, 0.3) is 0 Å². The minimum absolute atomic E-state index is 0.407. The van der Waals surface area contributed by atoms with Gasteiger partial charge in [-0.2, -0.15) is 5.10 Å². The fourth-order valence-corrected chi connectivity index (χ4v) is 2.97. The molecule has 0 radical (unpaired) electrons. The topological polar surface area (TPSA) is 39.1 Å². The summed E-state index contributed by atoms with van der Waals surface area (Å²) in [5, 5.41) is 8.22. The highest BCUT2D eigenvalue weighted by molar-refractivity contribution is 5.39. The molecule has 1 fully saturated rings. The lowest BCUT2D eigenvalue weighted by atomic mass is 10.0. The molecule has 1 N–H and O–H groups in total. The number of aromatic nitrogens is 2. The van der Waals surface area contributed by atoms with Crippen molar-refractivity contribution in [2.45, 2.75) is 44.8 Å². The Labute approximate surface area is 125 Å². The Kier molecular flexibility index (Phi) is 3.19. The number of para-hydroxylation sites is 1. The second-order valence-corrected chi connectivity index (χ2v) is 6.16. The molecule has 0 saturated heterocycles. The van der Waals surface area contributed by atoms with Crippen LogP contribution in [0.5, 0.6) is 5.75 Å². The van der Waals surface area contributed by atoms with Crippen LogP contribution >= 0.6 is 0 Å². The van der Waals surface area contributed by atoms with Crippen molar-refractivity contribution in [3.8, 4) is 5.75 Å². The van der Waals surface area contributed by atoms with Gasteiger partial charge in [0, 0.05) is 35.8 Å². The number of ether oxygens (including phenoxy) is 1. The number of hydrogen-bond donors (Lipinski definition) is 1. The molecule has 110 valence electrons. The van der Waals surface area contributed by atoms with E-state index in [1.165, 1.54) is 24.0 Å². The Morgan fingerprint density at radius 2 is 2.19 bits per heavy atom. The Hall–Kier alpha value is -1.81. The predicted octanol–water partition coefficient (Wildman–Crippen LogP) is 2.62. The van der Waals surface area contributed by atoms with E-state index in [2.05, 4.69) is 46.4 Å². The van der Waals surface area contributed by atoms with Gasteiger partial charge in [0.2, 0.25) is 0 Å². The van der Waals surface area contributed by atoms with Crippen LogP contribution in [-0.2, 0) is 13.1 Å². The number of nitrogens with zero attached hydrogens (tertiary/aromatic N) is 2. The van der Waals surface area contributed by atoms with Crippen molar-refractivity contribution in [1.29, 1.82) is 0 Å². The van der Waals surface area contributed by atoms with E-state index in [1.54, 1.807) is 0 Å². The summed E-state index contributed by atoms with van der Waals surface area (Å²) in [6.07, 6.45) is 4.83. The molecular weight excluding hydrogens is 262 g/mol. The standard InChI is InChI=1S/C17H21N3O/c1-12-13(8-18-15-6-7-15)9-20(19-12)10-14-11-21-17-5-3-2-4-16(14)17/h2-5,9,14-15,18H,6-8,10-11H2,1H3. The van der Waals surface area contributed by atoms with Gasteiger partial charge in [-0.05, 0) is 25.8 Å². The first-order chi connectivity index (χ1) is 10.3. The monoisotopic (exact) mass is 283 g/mol. The van der Waals surface area contributed by atoms with Gasteiger partial charge in [0.05, 0.1) is 18.8 Å². The minimum Gasteiger partial charge on any atom is -0.493 e. The van der Waals surface area contributed by atoms with Gasteiger partial charge in [0.15, 0.2) is 0 Å². The van der Waals surface area contributed by atoms with Crippen molar-refractivity contribution in [3.05, 3.63) is 47.3 Å². The van der Waals surface area contributed by atoms with E-state index in [4.69, 9.17) is 4.74 Å². The second kappa shape index (κ2) is 5.19. The van der Waals surface area contributed by atoms with Crippen LogP contribution in [0.4, 0.5) is 0 Å². The molecule has 1 atom stereocenters. The predicted molar refractivity (Wildman–Crippen MR) is 81.5 cm³/mol. The molecule has 1 saturated carbocycles. The second-order valence-electron chi connectivity index (χ2n) is 6.16. The van der Waals surface area contributed by atoms with Crippen molar-refractivity contribution < 1.29 is 4.74 Å². The van der Waals surface area contributed by atoms with E-state index < -0.39 is 0 Å². The molecule has 1 aromatic carbocycles. The maximum atomic E-state index is 5.75. The Balaban J connectivity index is 1.46. The molecular formula is C17H21N3O. The van der Waals surface area contributed by atoms with Gasteiger partial charge in [0.1, 0.15) is 5.75 Å². The third-order valence-electron chi connectivity index (χ3n) is 4.41. The zero-order valence-corrected chi connectivity index (χ0v) is 12.4. The molecule has 4 nitrogen and oxygen atoms in total. The third kappa shape index (κ3) is 2.68. The Morgan fingerprint density at radius 1 is 1.33 bits per heavy atom. The van der Waals surface area contributed by atoms with Gasteiger partial charge in [-0.15, -0.1) is 0 Å². The van der Waals surface area contributed by atoms with E-state index >= 15 is 0 Å². The highest BCUT2D eigenvalue weighted by atomic mass is 16.5. The SMILES string of the molecule is Cc1nn(CC2COc3ccccc32)cc1CNC1CC1. The van der Waals surface area contributed by atoms with Crippen molar-refractivity contribution in [3.63, 3.8) is 0 Å². The molecule has 1 unspecified atom stereocenters. The minimum atomic E-state index is 0.407. The summed E-state index contributed by atoms with van der Waals surface area (Å²) >= 11 is 0. The van der Waals surface area contributed by atoms with Crippen LogP contribution in [0, 0.1) is 6.92 Å². The van der Waals surface area contributed by atoms with E-state index in [0.717, 1.165) is 37.2 Å². The van der Waals surface area contributed by atoms with Gasteiger partial charge in [-0.1, -0.05) is 18.2 Å². The summed E-state index contributed by atoms with van der Waals surface area (Å²) in [4.78, 5) is 0. The van der Waals surface area contributed by atoms with E-state index in [-0.39, 0.29) is 0 Å². The first-order valence-electron chi connectivity index (χ1n) is 7.77. The van der Waals surface area contributed by atoms with E-state index in [1.807, 2.05) is 6.07 Å². The zero-order valence-electron chi connectivity index (χ0n) is 12.4. The van der Waals surface area contributed by atoms with Gasteiger partial charge < -0.3 is 10.1 Å². The van der Waals surface area contributed by atoms with E-state index in [9.17, 15) is 0 Å². The average molecular weight is 283 g/mol. The normalized spacial score (nSPS) is 20.3. The molecule has 2 aliphatic rings. The summed E-state index contributed by atoms with van der Waals surface area (Å²) in [7, 11) is 0. The lowest BCUT2D eigenvalue weighted by molar-refractivity contribution is 0.315. The van der Waals surface area contributed by atoms with E-state index in [0.29, 0.717) is 5.92 Å². The average Bonchev–Trinajstić information content (AvgIpc) is 3.14. The van der Waals surface area contributed by atoms with Gasteiger partial charge in [-0.25, -0.2) is 0 Å². The van der Waals surface area contributed by atoms with Gasteiger partial charge in [-0.3, -0.25) is 4.68 Å². The molecule has 4 heteroatoms. The number of rotatable bonds is 5. The van der Waals surface area contributed by atoms with Crippen LogP contribution in [-0.4, -0.2) is 22.4 Å². The summed E-state index contributed by atoms with van der Waals surface area (Å²) in [6, 6.07) is 9.07. The lowest BCUT2D eigenvalue weighted by Gasteiger charge is -2.08. The van der Waals surface area contributed by atoms with Gasteiger partial charge >= 0.3 is 0 Å². The molecule has 21 heavy (non-hydrogen) atoms. The Morgan fingerprint density at radius 3 is 3.05 bits per heavy atom. The van der Waals surface area contributed by atoms with Crippen molar-refractivity contribution >= 4 is 0 Å². The third-order valence-corrected chi connectivity index (χ3v) is 4.41. The number of benzene rings is 1. The van der Waals surface area contributed by atoms with Gasteiger partial charge in [0.25, 0.3) is 0 Å². The largest absolute Gasteiger partial charge is 0.493 e. The smallest absolute Gasteiger partial charge is 0.122 e. The van der Waals surface area contributed by atoms with Crippen molar-refractivity contribution in [2.75, 3.05) is 6.61 Å². The van der Waals surface area contributed by atoms with Crippen LogP contribution in [0.1, 0.15) is 35.6 Å². The fourth-order valence-electron chi connectivity index (χ4n) is 2.97. The van der Waals surface area contributed by atoms with Crippen molar-refractivity contribution in [1.82, 2.24) is 15.1 Å². The first-order valence-corrected chi connectivity index (χ1v) is 7.77. The highest BCUT2D eigenvalue weighted by Gasteiger charge is 2.25. The molecule has 0 amide bonds. The molecule has 1 aliphatic carbocycles. The molecule has 0 bridgehead atoms. The zero-order chi connectivity index (χ0) is 14.2. The number of fused-ring (bicyclic) bond motifs is 1. The molecule has 1 aliphatic heterocycles. The summed E-state index contributed by atoms with van der Waals surface area (Å²) in [6.45, 7) is 4.68. The number of aryl methyl sites for hydroxylation is 1. The fraction of sp³-hybridized carbons (Fsp3) is 0.471. The quantitative estimate of drug-likeness (QED) is 0.917. The maximum absolute atomic E-state index is 5.75. The number of hydrogen-bond acceptors (Lipinski definition) is 3. The van der Waals surface area contributed by atoms with Crippen molar-refractivity contribution in [2.24, 2.45) is 0 Å². The summed E-state index contributed by atoms with van der Waals surface area (Å²) in [5.41, 5.74) is 3.76.